The predicted octanol–water partition coefficient (Wildman–Crippen LogP) is 5.87. The lowest BCUT2D eigenvalue weighted by molar-refractivity contribution is 0.160. The van der Waals surface area contributed by atoms with Crippen LogP contribution in [0.15, 0.2) is 96.7 Å². The lowest BCUT2D eigenvalue weighted by atomic mass is 9.89. The van der Waals surface area contributed by atoms with Gasteiger partial charge in [-0.2, -0.15) is 0 Å². The van der Waals surface area contributed by atoms with Crippen LogP contribution < -0.4 is 5.19 Å². The van der Waals surface area contributed by atoms with Crippen molar-refractivity contribution in [1.82, 2.24) is 0 Å². The van der Waals surface area contributed by atoms with Crippen LogP contribution in [0.2, 0.25) is 18.1 Å². The molecule has 0 spiro atoms. The molecule has 3 heteroatoms. The second kappa shape index (κ2) is 8.26. The van der Waals surface area contributed by atoms with Crippen molar-refractivity contribution >= 4 is 24.9 Å². The minimum absolute atomic E-state index is 0.172. The first-order chi connectivity index (χ1) is 12.9. The van der Waals surface area contributed by atoms with Gasteiger partial charge in [-0.1, -0.05) is 108 Å². The molecule has 0 saturated carbocycles. The molecule has 1 N–H and O–H groups in total. The smallest absolute Gasteiger partial charge is 0.107 e. The second-order valence-corrected chi connectivity index (χ2v) is 12.3. The van der Waals surface area contributed by atoms with Crippen molar-refractivity contribution in [2.24, 2.45) is 0 Å². The Hall–Kier alpha value is -2.13. The van der Waals surface area contributed by atoms with Crippen molar-refractivity contribution in [2.45, 2.75) is 25.1 Å². The topological polar surface area (TPSA) is 20.2 Å². The standard InChI is InChI=1S/C24H25ClOSi/c1-18(27(2,3)22-12-8-5-9-13-22)23(19-10-6-4-7-11-19)24(26)20-14-16-21(25)17-15-20/h4-17,23-24,26H,1H2,2-3H3/t23-,24+/m0/s1. The molecule has 0 bridgehead atoms. The maximum absolute atomic E-state index is 11.3. The Morgan fingerprint density at radius 2 is 1.33 bits per heavy atom. The fourth-order valence-corrected chi connectivity index (χ4v) is 6.14. The SMILES string of the molecule is C=C([C@@H](c1ccccc1)[C@H](O)c1ccc(Cl)cc1)[Si](C)(C)c1ccccc1. The van der Waals surface area contributed by atoms with E-state index >= 15 is 0 Å². The number of rotatable bonds is 6. The van der Waals surface area contributed by atoms with E-state index < -0.39 is 14.2 Å². The van der Waals surface area contributed by atoms with E-state index in [4.69, 9.17) is 11.6 Å². The molecule has 3 aromatic carbocycles. The summed E-state index contributed by atoms with van der Waals surface area (Å²) in [6, 6.07) is 28.1. The largest absolute Gasteiger partial charge is 0.387 e. The summed E-state index contributed by atoms with van der Waals surface area (Å²) in [5, 5.41) is 14.4. The fourth-order valence-electron chi connectivity index (χ4n) is 3.52. The molecule has 0 aliphatic carbocycles. The molecule has 0 aliphatic rings. The third-order valence-electron chi connectivity index (χ3n) is 5.36. The molecular formula is C24H25ClOSi. The van der Waals surface area contributed by atoms with Crippen LogP contribution >= 0.6 is 11.6 Å². The highest BCUT2D eigenvalue weighted by Gasteiger charge is 2.36. The highest BCUT2D eigenvalue weighted by molar-refractivity contribution is 6.95. The fraction of sp³-hybridized carbons (Fsp3) is 0.167. The molecule has 1 nitrogen and oxygen atoms in total. The van der Waals surface area contributed by atoms with Crippen LogP contribution in [0.25, 0.3) is 0 Å². The van der Waals surface area contributed by atoms with Crippen molar-refractivity contribution in [1.29, 1.82) is 0 Å². The van der Waals surface area contributed by atoms with Gasteiger partial charge in [0.1, 0.15) is 8.07 Å². The van der Waals surface area contributed by atoms with Gasteiger partial charge in [0.25, 0.3) is 0 Å². The van der Waals surface area contributed by atoms with Crippen molar-refractivity contribution in [3.8, 4) is 0 Å². The van der Waals surface area contributed by atoms with Gasteiger partial charge in [-0.25, -0.2) is 0 Å². The highest BCUT2D eigenvalue weighted by Crippen LogP contribution is 2.40. The summed E-state index contributed by atoms with van der Waals surface area (Å²) in [4.78, 5) is 0. The predicted molar refractivity (Wildman–Crippen MR) is 118 cm³/mol. The van der Waals surface area contributed by atoms with E-state index in [9.17, 15) is 5.11 Å². The minimum Gasteiger partial charge on any atom is -0.387 e. The van der Waals surface area contributed by atoms with E-state index in [0.29, 0.717) is 5.02 Å². The molecule has 0 fully saturated rings. The second-order valence-electron chi connectivity index (χ2n) is 7.40. The molecule has 27 heavy (non-hydrogen) atoms. The quantitative estimate of drug-likeness (QED) is 0.520. The molecule has 0 aliphatic heterocycles. The molecule has 0 amide bonds. The third-order valence-corrected chi connectivity index (χ3v) is 9.30. The van der Waals surface area contributed by atoms with Crippen molar-refractivity contribution in [3.63, 3.8) is 0 Å². The van der Waals surface area contributed by atoms with Crippen molar-refractivity contribution in [3.05, 3.63) is 113 Å². The van der Waals surface area contributed by atoms with Gasteiger partial charge in [0, 0.05) is 10.9 Å². The van der Waals surface area contributed by atoms with Gasteiger partial charge in [0.05, 0.1) is 6.10 Å². The molecule has 2 atom stereocenters. The summed E-state index contributed by atoms with van der Waals surface area (Å²) in [6.45, 7) is 9.12. The van der Waals surface area contributed by atoms with E-state index in [1.807, 2.05) is 48.5 Å². The van der Waals surface area contributed by atoms with E-state index in [1.165, 1.54) is 5.19 Å². The van der Waals surface area contributed by atoms with Gasteiger partial charge >= 0.3 is 0 Å². The number of aliphatic hydroxyl groups excluding tert-OH is 1. The monoisotopic (exact) mass is 392 g/mol. The highest BCUT2D eigenvalue weighted by atomic mass is 35.5. The van der Waals surface area contributed by atoms with Gasteiger partial charge in [-0.05, 0) is 23.3 Å². The van der Waals surface area contributed by atoms with E-state index in [0.717, 1.165) is 16.3 Å². The van der Waals surface area contributed by atoms with Gasteiger partial charge in [0.15, 0.2) is 0 Å². The summed E-state index contributed by atoms with van der Waals surface area (Å²) >= 11 is 6.04. The molecule has 3 aromatic rings. The molecular weight excluding hydrogens is 368 g/mol. The Labute approximate surface area is 168 Å². The van der Waals surface area contributed by atoms with Crippen LogP contribution in [0.4, 0.5) is 0 Å². The Morgan fingerprint density at radius 1 is 0.815 bits per heavy atom. The summed E-state index contributed by atoms with van der Waals surface area (Å²) in [5.74, 6) is -0.172. The van der Waals surface area contributed by atoms with Gasteiger partial charge < -0.3 is 5.11 Å². The number of hydrogen-bond acceptors (Lipinski definition) is 1. The van der Waals surface area contributed by atoms with Crippen LogP contribution in [0.3, 0.4) is 0 Å². The molecule has 0 unspecified atom stereocenters. The molecule has 0 heterocycles. The summed E-state index contributed by atoms with van der Waals surface area (Å²) in [6.07, 6.45) is -0.673. The maximum atomic E-state index is 11.3. The first kappa shape index (κ1) is 19.6. The maximum Gasteiger partial charge on any atom is 0.107 e. The molecule has 0 saturated heterocycles. The van der Waals surface area contributed by atoms with Crippen LogP contribution in [0.5, 0.6) is 0 Å². The Morgan fingerprint density at radius 3 is 1.89 bits per heavy atom. The Balaban J connectivity index is 2.05. The number of aliphatic hydroxyl groups is 1. The van der Waals surface area contributed by atoms with Gasteiger partial charge in [-0.3, -0.25) is 0 Å². The summed E-state index contributed by atoms with van der Waals surface area (Å²) in [5.41, 5.74) is 1.94. The molecule has 138 valence electrons. The number of halogens is 1. The average Bonchev–Trinajstić information content (AvgIpc) is 2.70. The van der Waals surface area contributed by atoms with Crippen molar-refractivity contribution < 1.29 is 5.11 Å². The van der Waals surface area contributed by atoms with Crippen LogP contribution in [-0.2, 0) is 0 Å². The third kappa shape index (κ3) is 4.24. The van der Waals surface area contributed by atoms with Crippen molar-refractivity contribution in [2.75, 3.05) is 0 Å². The van der Waals surface area contributed by atoms with E-state index in [-0.39, 0.29) is 5.92 Å². The first-order valence-electron chi connectivity index (χ1n) is 9.14. The van der Waals surface area contributed by atoms with E-state index in [1.54, 1.807) is 0 Å². The van der Waals surface area contributed by atoms with E-state index in [2.05, 4.69) is 56.1 Å². The van der Waals surface area contributed by atoms with Crippen LogP contribution in [-0.4, -0.2) is 13.2 Å². The van der Waals surface area contributed by atoms with Gasteiger partial charge in [-0.15, -0.1) is 6.58 Å². The van der Waals surface area contributed by atoms with Crippen LogP contribution in [0.1, 0.15) is 23.1 Å². The zero-order chi connectivity index (χ0) is 19.4. The molecule has 0 radical (unpaired) electrons. The van der Waals surface area contributed by atoms with Gasteiger partial charge in [0.2, 0.25) is 0 Å². The summed E-state index contributed by atoms with van der Waals surface area (Å²) < 4.78 is 0. The minimum atomic E-state index is -2.02. The first-order valence-corrected chi connectivity index (χ1v) is 12.5. The average molecular weight is 393 g/mol. The lowest BCUT2D eigenvalue weighted by Crippen LogP contribution is -2.46. The Bertz CT molecular complexity index is 889. The van der Waals surface area contributed by atoms with Crippen LogP contribution in [0, 0.1) is 0 Å². The number of hydrogen-bond donors (Lipinski definition) is 1. The molecule has 3 rings (SSSR count). The normalized spacial score (nSPS) is 13.8. The Kier molecular flexibility index (Phi) is 6.00. The lowest BCUT2D eigenvalue weighted by Gasteiger charge is -2.35. The number of benzene rings is 3. The summed E-state index contributed by atoms with van der Waals surface area (Å²) in [7, 11) is -2.02. The zero-order valence-electron chi connectivity index (χ0n) is 15.8. The zero-order valence-corrected chi connectivity index (χ0v) is 17.5. The molecule has 0 aromatic heterocycles.